The number of hydrogen-bond donors (Lipinski definition) is 2. The zero-order chi connectivity index (χ0) is 12.9. The summed E-state index contributed by atoms with van der Waals surface area (Å²) in [4.78, 5) is 8.35. The van der Waals surface area contributed by atoms with Gasteiger partial charge >= 0.3 is 0 Å². The van der Waals surface area contributed by atoms with Gasteiger partial charge < -0.3 is 10.4 Å². The third-order valence-electron chi connectivity index (χ3n) is 2.49. The van der Waals surface area contributed by atoms with Crippen LogP contribution < -0.4 is 5.32 Å². The minimum atomic E-state index is -0.657. The fraction of sp³-hybridized carbons (Fsp3) is 0.692. The molecule has 0 amide bonds. The highest BCUT2D eigenvalue weighted by atomic mass is 16.3. The molecule has 0 bridgehead atoms. The summed E-state index contributed by atoms with van der Waals surface area (Å²) >= 11 is 0. The van der Waals surface area contributed by atoms with Crippen molar-refractivity contribution in [3.63, 3.8) is 0 Å². The molecule has 0 aliphatic heterocycles. The third kappa shape index (κ3) is 5.75. The fourth-order valence-electron chi connectivity index (χ4n) is 2.02. The van der Waals surface area contributed by atoms with Gasteiger partial charge in [0.15, 0.2) is 0 Å². The van der Waals surface area contributed by atoms with E-state index >= 15 is 0 Å². The van der Waals surface area contributed by atoms with Gasteiger partial charge in [-0.3, -0.25) is 0 Å². The van der Waals surface area contributed by atoms with Crippen LogP contribution >= 0.6 is 0 Å². The maximum Gasteiger partial charge on any atom is 0.125 e. The summed E-state index contributed by atoms with van der Waals surface area (Å²) in [7, 11) is 0. The average molecular weight is 237 g/mol. The number of nitrogens with zero attached hydrogens (tertiary/aromatic N) is 2. The minimum Gasteiger partial charge on any atom is -0.389 e. The van der Waals surface area contributed by atoms with Crippen LogP contribution in [0.25, 0.3) is 0 Å². The van der Waals surface area contributed by atoms with Gasteiger partial charge in [0.25, 0.3) is 0 Å². The topological polar surface area (TPSA) is 58.0 Å². The molecule has 2 N–H and O–H groups in total. The van der Waals surface area contributed by atoms with Crippen LogP contribution in [0.2, 0.25) is 0 Å². The van der Waals surface area contributed by atoms with Gasteiger partial charge in [-0.1, -0.05) is 13.8 Å². The van der Waals surface area contributed by atoms with Gasteiger partial charge in [0.1, 0.15) is 5.82 Å². The summed E-state index contributed by atoms with van der Waals surface area (Å²) in [5.41, 5.74) is 0.300. The highest BCUT2D eigenvalue weighted by Gasteiger charge is 2.21. The Kier molecular flexibility index (Phi) is 5.02. The number of nitrogens with one attached hydrogen (secondary N) is 1. The number of aliphatic hydroxyl groups is 1. The molecular weight excluding hydrogens is 214 g/mol. The highest BCUT2D eigenvalue weighted by Crippen LogP contribution is 2.15. The monoisotopic (exact) mass is 237 g/mol. The standard InChI is InChI=1S/C13H23N3O/c1-10(2)7-13(4,17)9-14-8-12-5-6-15-11(3)16-12/h5-6,10,14,17H,7-9H2,1-4H3. The number of aryl methyl sites for hydroxylation is 1. The second-order valence-corrected chi connectivity index (χ2v) is 5.29. The first-order chi connectivity index (χ1) is 7.89. The highest BCUT2D eigenvalue weighted by molar-refractivity contribution is 5.01. The Labute approximate surface area is 103 Å². The number of aromatic nitrogens is 2. The van der Waals surface area contributed by atoms with Crippen molar-refractivity contribution in [1.82, 2.24) is 15.3 Å². The molecule has 0 spiro atoms. The molecule has 1 aromatic rings. The first-order valence-electron chi connectivity index (χ1n) is 6.11. The quantitative estimate of drug-likeness (QED) is 0.790. The Hall–Kier alpha value is -1.00. The lowest BCUT2D eigenvalue weighted by molar-refractivity contribution is 0.0382. The van der Waals surface area contributed by atoms with Crippen molar-refractivity contribution in [2.45, 2.75) is 46.3 Å². The van der Waals surface area contributed by atoms with Crippen molar-refractivity contribution in [2.75, 3.05) is 6.54 Å². The smallest absolute Gasteiger partial charge is 0.125 e. The van der Waals surface area contributed by atoms with E-state index in [0.717, 1.165) is 17.9 Å². The second kappa shape index (κ2) is 6.07. The van der Waals surface area contributed by atoms with Gasteiger partial charge in [-0.05, 0) is 32.3 Å². The van der Waals surface area contributed by atoms with E-state index in [4.69, 9.17) is 0 Å². The molecule has 0 saturated carbocycles. The largest absolute Gasteiger partial charge is 0.389 e. The van der Waals surface area contributed by atoms with Gasteiger partial charge in [-0.15, -0.1) is 0 Å². The van der Waals surface area contributed by atoms with Crippen LogP contribution in [0.1, 0.15) is 38.7 Å². The maximum atomic E-state index is 10.1. The van der Waals surface area contributed by atoms with Gasteiger partial charge in [0.2, 0.25) is 0 Å². The Morgan fingerprint density at radius 1 is 1.47 bits per heavy atom. The SMILES string of the molecule is Cc1nccc(CNCC(C)(O)CC(C)C)n1. The van der Waals surface area contributed by atoms with E-state index in [1.54, 1.807) is 6.20 Å². The molecule has 1 aromatic heterocycles. The maximum absolute atomic E-state index is 10.1. The Bertz CT molecular complexity index is 350. The molecular formula is C13H23N3O. The van der Waals surface area contributed by atoms with Crippen LogP contribution in [0.5, 0.6) is 0 Å². The summed E-state index contributed by atoms with van der Waals surface area (Å²) in [6.45, 7) is 9.21. The number of hydrogen-bond acceptors (Lipinski definition) is 4. The lowest BCUT2D eigenvalue weighted by Gasteiger charge is -2.25. The summed E-state index contributed by atoms with van der Waals surface area (Å²) in [6.07, 6.45) is 2.55. The van der Waals surface area contributed by atoms with E-state index in [0.29, 0.717) is 19.0 Å². The molecule has 0 radical (unpaired) electrons. The fourth-order valence-corrected chi connectivity index (χ4v) is 2.02. The number of rotatable bonds is 6. The molecule has 0 aromatic carbocycles. The normalized spacial score (nSPS) is 14.9. The first kappa shape index (κ1) is 14.1. The second-order valence-electron chi connectivity index (χ2n) is 5.29. The summed E-state index contributed by atoms with van der Waals surface area (Å²) < 4.78 is 0. The lowest BCUT2D eigenvalue weighted by Crippen LogP contribution is -2.38. The van der Waals surface area contributed by atoms with E-state index < -0.39 is 5.60 Å². The molecule has 1 atom stereocenters. The van der Waals surface area contributed by atoms with Crippen molar-refractivity contribution < 1.29 is 5.11 Å². The molecule has 96 valence electrons. The molecule has 1 heterocycles. The molecule has 1 unspecified atom stereocenters. The van der Waals surface area contributed by atoms with Crippen molar-refractivity contribution in [3.05, 3.63) is 23.8 Å². The molecule has 1 rings (SSSR count). The van der Waals surface area contributed by atoms with Crippen molar-refractivity contribution >= 4 is 0 Å². The first-order valence-corrected chi connectivity index (χ1v) is 6.11. The van der Waals surface area contributed by atoms with Gasteiger partial charge in [0.05, 0.1) is 11.3 Å². The molecule has 0 fully saturated rings. The zero-order valence-electron chi connectivity index (χ0n) is 11.2. The molecule has 4 heteroatoms. The lowest BCUT2D eigenvalue weighted by atomic mass is 9.94. The average Bonchev–Trinajstić information content (AvgIpc) is 2.15. The van der Waals surface area contributed by atoms with Crippen LogP contribution in [0.4, 0.5) is 0 Å². The van der Waals surface area contributed by atoms with Gasteiger partial charge in [0, 0.05) is 19.3 Å². The Balaban J connectivity index is 2.37. The van der Waals surface area contributed by atoms with Gasteiger partial charge in [-0.25, -0.2) is 9.97 Å². The van der Waals surface area contributed by atoms with Crippen LogP contribution in [0.15, 0.2) is 12.3 Å². The van der Waals surface area contributed by atoms with Crippen LogP contribution in [-0.4, -0.2) is 27.2 Å². The summed E-state index contributed by atoms with van der Waals surface area (Å²) in [6, 6.07) is 1.89. The molecule has 0 saturated heterocycles. The van der Waals surface area contributed by atoms with E-state index in [1.807, 2.05) is 19.9 Å². The van der Waals surface area contributed by atoms with E-state index in [2.05, 4.69) is 29.1 Å². The third-order valence-corrected chi connectivity index (χ3v) is 2.49. The predicted octanol–water partition coefficient (Wildman–Crippen LogP) is 1.67. The summed E-state index contributed by atoms with van der Waals surface area (Å²) in [5, 5.41) is 13.4. The van der Waals surface area contributed by atoms with Crippen molar-refractivity contribution in [2.24, 2.45) is 5.92 Å². The molecule has 4 nitrogen and oxygen atoms in total. The van der Waals surface area contributed by atoms with Gasteiger partial charge in [-0.2, -0.15) is 0 Å². The van der Waals surface area contributed by atoms with Crippen LogP contribution in [0.3, 0.4) is 0 Å². The van der Waals surface area contributed by atoms with E-state index in [-0.39, 0.29) is 0 Å². The van der Waals surface area contributed by atoms with Crippen molar-refractivity contribution in [3.8, 4) is 0 Å². The predicted molar refractivity (Wildman–Crippen MR) is 68.6 cm³/mol. The molecule has 0 aliphatic carbocycles. The Morgan fingerprint density at radius 3 is 2.76 bits per heavy atom. The van der Waals surface area contributed by atoms with E-state index in [9.17, 15) is 5.11 Å². The Morgan fingerprint density at radius 2 is 2.18 bits per heavy atom. The molecule has 0 aliphatic rings. The van der Waals surface area contributed by atoms with Crippen LogP contribution in [0, 0.1) is 12.8 Å². The van der Waals surface area contributed by atoms with Crippen LogP contribution in [-0.2, 0) is 6.54 Å². The molecule has 17 heavy (non-hydrogen) atoms. The van der Waals surface area contributed by atoms with Crippen molar-refractivity contribution in [1.29, 1.82) is 0 Å². The minimum absolute atomic E-state index is 0.494. The summed E-state index contributed by atoms with van der Waals surface area (Å²) in [5.74, 6) is 1.27. The zero-order valence-corrected chi connectivity index (χ0v) is 11.2. The van der Waals surface area contributed by atoms with E-state index in [1.165, 1.54) is 0 Å².